The molecule has 174 valence electrons. The largest absolute Gasteiger partial charge is 0.431 e. The van der Waals surface area contributed by atoms with Gasteiger partial charge in [0.1, 0.15) is 11.4 Å². The molecule has 1 aliphatic carbocycles. The summed E-state index contributed by atoms with van der Waals surface area (Å²) in [4.78, 5) is 19.0. The molecule has 1 amide bonds. The number of carbonyl (C=O) groups is 1. The van der Waals surface area contributed by atoms with E-state index >= 15 is 0 Å². The standard InChI is InChI=1S/C26H31N3O3S/c27-24(30)26(15-4-18-31-26)14-3-16-29(20-9-10-20)17-13-19-7-11-21(12-8-19)32-25-28-22-5-1-2-6-23(22)33-25/h1-2,5-8,11-12,20H,3-4,9-10,13-18H2,(H2,27,30). The summed E-state index contributed by atoms with van der Waals surface area (Å²) in [7, 11) is 0. The van der Waals surface area contributed by atoms with Gasteiger partial charge in [0.15, 0.2) is 0 Å². The van der Waals surface area contributed by atoms with E-state index in [4.69, 9.17) is 15.2 Å². The summed E-state index contributed by atoms with van der Waals surface area (Å²) in [5.41, 5.74) is 7.18. The fourth-order valence-electron chi connectivity index (χ4n) is 4.69. The Balaban J connectivity index is 1.12. The van der Waals surface area contributed by atoms with Crippen LogP contribution in [-0.2, 0) is 16.0 Å². The Morgan fingerprint density at radius 2 is 2.00 bits per heavy atom. The second-order valence-electron chi connectivity index (χ2n) is 9.12. The van der Waals surface area contributed by atoms with Crippen molar-refractivity contribution in [1.82, 2.24) is 9.88 Å². The zero-order valence-corrected chi connectivity index (χ0v) is 19.7. The van der Waals surface area contributed by atoms with E-state index in [-0.39, 0.29) is 5.91 Å². The predicted octanol–water partition coefficient (Wildman–Crippen LogP) is 4.91. The number of primary amides is 1. The first kappa shape index (κ1) is 22.3. The molecule has 0 spiro atoms. The lowest BCUT2D eigenvalue weighted by molar-refractivity contribution is -0.138. The lowest BCUT2D eigenvalue weighted by Crippen LogP contribution is -2.44. The highest BCUT2D eigenvalue weighted by molar-refractivity contribution is 7.20. The minimum atomic E-state index is -0.728. The molecule has 2 aliphatic rings. The number of fused-ring (bicyclic) bond motifs is 1. The molecule has 6 nitrogen and oxygen atoms in total. The molecule has 1 saturated carbocycles. The van der Waals surface area contributed by atoms with Crippen LogP contribution in [0.2, 0.25) is 0 Å². The topological polar surface area (TPSA) is 77.7 Å². The second kappa shape index (κ2) is 9.79. The van der Waals surface area contributed by atoms with E-state index < -0.39 is 5.60 Å². The third-order valence-electron chi connectivity index (χ3n) is 6.73. The van der Waals surface area contributed by atoms with Crippen molar-refractivity contribution in [2.75, 3.05) is 19.7 Å². The molecule has 2 fully saturated rings. The van der Waals surface area contributed by atoms with Gasteiger partial charge in [0.05, 0.1) is 10.2 Å². The Morgan fingerprint density at radius 3 is 2.70 bits per heavy atom. The maximum Gasteiger partial charge on any atom is 0.279 e. The van der Waals surface area contributed by atoms with Crippen LogP contribution in [0.4, 0.5) is 0 Å². The highest BCUT2D eigenvalue weighted by atomic mass is 32.1. The molecule has 3 aromatic rings. The highest BCUT2D eigenvalue weighted by Gasteiger charge is 2.40. The van der Waals surface area contributed by atoms with Crippen LogP contribution in [0.25, 0.3) is 10.2 Å². The minimum Gasteiger partial charge on any atom is -0.431 e. The average molecular weight is 466 g/mol. The van der Waals surface area contributed by atoms with Gasteiger partial charge in [0.2, 0.25) is 5.91 Å². The normalized spacial score (nSPS) is 20.5. The molecular formula is C26H31N3O3S. The summed E-state index contributed by atoms with van der Waals surface area (Å²) in [5.74, 6) is 0.510. The van der Waals surface area contributed by atoms with Crippen molar-refractivity contribution in [3.05, 3.63) is 54.1 Å². The van der Waals surface area contributed by atoms with Gasteiger partial charge in [-0.2, -0.15) is 0 Å². The third-order valence-corrected chi connectivity index (χ3v) is 7.65. The highest BCUT2D eigenvalue weighted by Crippen LogP contribution is 2.33. The lowest BCUT2D eigenvalue weighted by Gasteiger charge is -2.27. The predicted molar refractivity (Wildman–Crippen MR) is 131 cm³/mol. The minimum absolute atomic E-state index is 0.300. The number of carbonyl (C=O) groups excluding carboxylic acids is 1. The molecule has 1 aromatic heterocycles. The zero-order chi connectivity index (χ0) is 22.7. The average Bonchev–Trinajstić information content (AvgIpc) is 3.40. The van der Waals surface area contributed by atoms with Crippen molar-refractivity contribution in [3.8, 4) is 10.9 Å². The number of rotatable bonds is 11. The molecule has 2 aromatic carbocycles. The first-order valence-corrected chi connectivity index (χ1v) is 12.7. The van der Waals surface area contributed by atoms with Crippen LogP contribution in [-0.4, -0.2) is 47.1 Å². The fourth-order valence-corrected chi connectivity index (χ4v) is 5.52. The molecule has 2 N–H and O–H groups in total. The van der Waals surface area contributed by atoms with E-state index in [0.29, 0.717) is 17.8 Å². The quantitative estimate of drug-likeness (QED) is 0.435. The molecule has 5 rings (SSSR count). The number of nitrogens with two attached hydrogens (primary N) is 1. The molecule has 0 bridgehead atoms. The van der Waals surface area contributed by atoms with Crippen LogP contribution >= 0.6 is 11.3 Å². The Labute approximate surface area is 198 Å². The van der Waals surface area contributed by atoms with E-state index in [1.807, 2.05) is 30.3 Å². The number of benzene rings is 2. The van der Waals surface area contributed by atoms with Gasteiger partial charge in [0.25, 0.3) is 5.19 Å². The van der Waals surface area contributed by atoms with Crippen LogP contribution in [0.3, 0.4) is 0 Å². The summed E-state index contributed by atoms with van der Waals surface area (Å²) in [6.07, 6.45) is 6.89. The summed E-state index contributed by atoms with van der Waals surface area (Å²) in [6, 6.07) is 17.1. The Hall–Kier alpha value is -2.48. The van der Waals surface area contributed by atoms with Crippen molar-refractivity contribution in [3.63, 3.8) is 0 Å². The molecular weight excluding hydrogens is 434 g/mol. The zero-order valence-electron chi connectivity index (χ0n) is 18.9. The van der Waals surface area contributed by atoms with Crippen molar-refractivity contribution in [2.24, 2.45) is 5.73 Å². The molecule has 0 radical (unpaired) electrons. The number of ether oxygens (including phenoxy) is 2. The molecule has 33 heavy (non-hydrogen) atoms. The first-order valence-electron chi connectivity index (χ1n) is 11.9. The summed E-state index contributed by atoms with van der Waals surface area (Å²) in [6.45, 7) is 2.66. The Bertz CT molecular complexity index is 1050. The van der Waals surface area contributed by atoms with Crippen molar-refractivity contribution < 1.29 is 14.3 Å². The molecule has 1 saturated heterocycles. The van der Waals surface area contributed by atoms with Gasteiger partial charge in [-0.25, -0.2) is 4.98 Å². The number of thiazole rings is 1. The van der Waals surface area contributed by atoms with E-state index in [1.165, 1.54) is 18.4 Å². The van der Waals surface area contributed by atoms with Gasteiger partial charge in [-0.15, -0.1) is 0 Å². The monoisotopic (exact) mass is 465 g/mol. The van der Waals surface area contributed by atoms with Gasteiger partial charge in [-0.3, -0.25) is 4.79 Å². The number of amides is 1. The lowest BCUT2D eigenvalue weighted by atomic mass is 9.93. The molecule has 1 atom stereocenters. The van der Waals surface area contributed by atoms with Crippen LogP contribution in [0.15, 0.2) is 48.5 Å². The van der Waals surface area contributed by atoms with Crippen molar-refractivity contribution >= 4 is 27.5 Å². The Morgan fingerprint density at radius 1 is 1.18 bits per heavy atom. The molecule has 1 aliphatic heterocycles. The number of hydrogen-bond donors (Lipinski definition) is 1. The SMILES string of the molecule is NC(=O)C1(CCCN(CCc2ccc(Oc3nc4ccccc4s3)cc2)C2CC2)CCCO1. The number of aromatic nitrogens is 1. The third kappa shape index (κ3) is 5.37. The van der Waals surface area contributed by atoms with Crippen molar-refractivity contribution in [1.29, 1.82) is 0 Å². The maximum atomic E-state index is 11.9. The summed E-state index contributed by atoms with van der Waals surface area (Å²) in [5, 5.41) is 0.670. The number of hydrogen-bond acceptors (Lipinski definition) is 6. The van der Waals surface area contributed by atoms with Crippen molar-refractivity contribution in [2.45, 2.75) is 56.6 Å². The molecule has 1 unspecified atom stereocenters. The number of nitrogens with zero attached hydrogens (tertiary/aromatic N) is 2. The van der Waals surface area contributed by atoms with Crippen LogP contribution < -0.4 is 10.5 Å². The van der Waals surface area contributed by atoms with Gasteiger partial charge < -0.3 is 20.1 Å². The van der Waals surface area contributed by atoms with Crippen LogP contribution in [0.5, 0.6) is 10.9 Å². The van der Waals surface area contributed by atoms with E-state index in [9.17, 15) is 4.79 Å². The smallest absolute Gasteiger partial charge is 0.279 e. The number of para-hydroxylation sites is 1. The molecule has 7 heteroatoms. The van der Waals surface area contributed by atoms with Gasteiger partial charge in [-0.1, -0.05) is 35.6 Å². The van der Waals surface area contributed by atoms with Crippen LogP contribution in [0, 0.1) is 0 Å². The second-order valence-corrected chi connectivity index (χ2v) is 10.1. The summed E-state index contributed by atoms with van der Waals surface area (Å²) >= 11 is 1.56. The van der Waals surface area contributed by atoms with E-state index in [2.05, 4.69) is 28.1 Å². The van der Waals surface area contributed by atoms with Crippen LogP contribution in [0.1, 0.15) is 44.1 Å². The first-order chi connectivity index (χ1) is 16.1. The maximum absolute atomic E-state index is 11.9. The van der Waals surface area contributed by atoms with Gasteiger partial charge in [-0.05, 0) is 81.3 Å². The molecule has 2 heterocycles. The van der Waals surface area contributed by atoms with Gasteiger partial charge in [0, 0.05) is 19.2 Å². The van der Waals surface area contributed by atoms with E-state index in [0.717, 1.165) is 61.2 Å². The van der Waals surface area contributed by atoms with E-state index in [1.54, 1.807) is 11.3 Å². The van der Waals surface area contributed by atoms with Gasteiger partial charge >= 0.3 is 0 Å². The Kier molecular flexibility index (Phi) is 6.62. The fraction of sp³-hybridized carbons (Fsp3) is 0.462. The summed E-state index contributed by atoms with van der Waals surface area (Å²) < 4.78 is 12.9.